The Labute approximate surface area is 169 Å². The van der Waals surface area contributed by atoms with Gasteiger partial charge in [-0.1, -0.05) is 34.1 Å². The van der Waals surface area contributed by atoms with Crippen molar-refractivity contribution < 1.29 is 9.59 Å². The normalized spacial score (nSPS) is 11.7. The summed E-state index contributed by atoms with van der Waals surface area (Å²) < 4.78 is 1.02. The molecular weight excluding hydrogens is 406 g/mol. The zero-order chi connectivity index (χ0) is 19.8. The molecule has 0 saturated carbocycles. The summed E-state index contributed by atoms with van der Waals surface area (Å²) in [6.07, 6.45) is 0. The molecule has 0 aliphatic carbocycles. The van der Waals surface area contributed by atoms with Crippen LogP contribution in [0.1, 0.15) is 42.7 Å². The first-order valence-corrected chi connectivity index (χ1v) is 9.92. The molecule has 27 heavy (non-hydrogen) atoms. The van der Waals surface area contributed by atoms with Crippen molar-refractivity contribution >= 4 is 33.4 Å². The highest BCUT2D eigenvalue weighted by Crippen LogP contribution is 2.16. The van der Waals surface area contributed by atoms with Crippen LogP contribution in [0.2, 0.25) is 0 Å². The molecule has 0 fully saturated rings. The molecule has 0 bridgehead atoms. The van der Waals surface area contributed by atoms with Crippen LogP contribution in [0.3, 0.4) is 0 Å². The molecule has 1 atom stereocenters. The van der Waals surface area contributed by atoms with Crippen molar-refractivity contribution in [3.05, 3.63) is 64.1 Å². The van der Waals surface area contributed by atoms with Crippen LogP contribution in [0, 0.1) is 0 Å². The minimum atomic E-state index is -0.147. The second kappa shape index (κ2) is 10.2. The number of benzene rings is 2. The van der Waals surface area contributed by atoms with E-state index in [4.69, 9.17) is 0 Å². The number of carbonyl (C=O) groups is 2. The molecule has 0 aliphatic rings. The van der Waals surface area contributed by atoms with Crippen molar-refractivity contribution in [3.63, 3.8) is 0 Å². The summed E-state index contributed by atoms with van der Waals surface area (Å²) in [7, 11) is 0. The van der Waals surface area contributed by atoms with Gasteiger partial charge in [0.1, 0.15) is 0 Å². The molecule has 2 rings (SSSR count). The van der Waals surface area contributed by atoms with E-state index in [1.165, 1.54) is 0 Å². The Morgan fingerprint density at radius 3 is 2.37 bits per heavy atom. The van der Waals surface area contributed by atoms with Gasteiger partial charge in [0.05, 0.1) is 6.54 Å². The molecule has 144 valence electrons. The number of carbonyl (C=O) groups excluding carboxylic acids is 2. The summed E-state index contributed by atoms with van der Waals surface area (Å²) in [6.45, 7) is 7.41. The van der Waals surface area contributed by atoms with Crippen LogP contribution in [-0.4, -0.2) is 36.3 Å². The molecule has 2 amide bonds. The molecule has 0 aromatic heterocycles. The molecule has 1 unspecified atom stereocenters. The quantitative estimate of drug-likeness (QED) is 0.657. The van der Waals surface area contributed by atoms with Crippen molar-refractivity contribution in [1.29, 1.82) is 0 Å². The first-order chi connectivity index (χ1) is 12.9. The minimum Gasteiger partial charge on any atom is -0.339 e. The molecule has 2 N–H and O–H groups in total. The molecule has 5 nitrogen and oxygen atoms in total. The fraction of sp³-hybridized carbons (Fsp3) is 0.333. The van der Waals surface area contributed by atoms with Gasteiger partial charge in [0.25, 0.3) is 5.91 Å². The number of amides is 2. The van der Waals surface area contributed by atoms with Crippen LogP contribution < -0.4 is 10.6 Å². The van der Waals surface area contributed by atoms with Crippen LogP contribution in [0.4, 0.5) is 5.69 Å². The van der Waals surface area contributed by atoms with Crippen molar-refractivity contribution in [3.8, 4) is 0 Å². The lowest BCUT2D eigenvalue weighted by Gasteiger charge is -2.19. The van der Waals surface area contributed by atoms with E-state index in [9.17, 15) is 9.59 Å². The maximum Gasteiger partial charge on any atom is 0.253 e. The topological polar surface area (TPSA) is 61.4 Å². The predicted molar refractivity (Wildman–Crippen MR) is 113 cm³/mol. The first kappa shape index (κ1) is 21.1. The van der Waals surface area contributed by atoms with Gasteiger partial charge in [0.15, 0.2) is 0 Å². The molecule has 6 heteroatoms. The smallest absolute Gasteiger partial charge is 0.253 e. The molecule has 0 aliphatic heterocycles. The summed E-state index contributed by atoms with van der Waals surface area (Å²) in [5.74, 6) is -0.176. The van der Waals surface area contributed by atoms with Crippen LogP contribution in [0.15, 0.2) is 53.0 Å². The molecule has 0 heterocycles. The van der Waals surface area contributed by atoms with Gasteiger partial charge in [-0.3, -0.25) is 9.59 Å². The molecule has 0 radical (unpaired) electrons. The summed E-state index contributed by atoms with van der Waals surface area (Å²) in [5.41, 5.74) is 2.31. The Morgan fingerprint density at radius 1 is 1.07 bits per heavy atom. The Bertz CT molecular complexity index is 773. The fourth-order valence-corrected chi connectivity index (χ4v) is 3.01. The number of hydrogen-bond acceptors (Lipinski definition) is 3. The average Bonchev–Trinajstić information content (AvgIpc) is 2.67. The summed E-state index contributed by atoms with van der Waals surface area (Å²) in [6, 6.07) is 15.1. The minimum absolute atomic E-state index is 0.0296. The highest BCUT2D eigenvalue weighted by Gasteiger charge is 2.13. The van der Waals surface area contributed by atoms with E-state index >= 15 is 0 Å². The van der Waals surface area contributed by atoms with Gasteiger partial charge in [-0.25, -0.2) is 0 Å². The maximum absolute atomic E-state index is 12.4. The third-order valence-electron chi connectivity index (χ3n) is 4.38. The molecular formula is C21H26BrN3O2. The first-order valence-electron chi connectivity index (χ1n) is 9.12. The second-order valence-electron chi connectivity index (χ2n) is 6.26. The lowest BCUT2D eigenvalue weighted by molar-refractivity contribution is -0.115. The lowest BCUT2D eigenvalue weighted by Crippen LogP contribution is -2.31. The van der Waals surface area contributed by atoms with Crippen molar-refractivity contribution in [2.45, 2.75) is 26.8 Å². The van der Waals surface area contributed by atoms with Gasteiger partial charge in [-0.15, -0.1) is 0 Å². The van der Waals surface area contributed by atoms with E-state index in [2.05, 4.69) is 26.6 Å². The highest BCUT2D eigenvalue weighted by molar-refractivity contribution is 9.10. The van der Waals surface area contributed by atoms with Gasteiger partial charge in [0.2, 0.25) is 5.91 Å². The van der Waals surface area contributed by atoms with E-state index in [0.717, 1.165) is 10.0 Å². The summed E-state index contributed by atoms with van der Waals surface area (Å²) in [5, 5.41) is 6.06. The average molecular weight is 432 g/mol. The summed E-state index contributed by atoms with van der Waals surface area (Å²) >= 11 is 3.42. The van der Waals surface area contributed by atoms with Crippen molar-refractivity contribution in [2.24, 2.45) is 0 Å². The molecule has 0 spiro atoms. The van der Waals surface area contributed by atoms with Gasteiger partial charge in [-0.2, -0.15) is 0 Å². The fourth-order valence-electron chi connectivity index (χ4n) is 2.74. The number of hydrogen-bond donors (Lipinski definition) is 2. The van der Waals surface area contributed by atoms with Gasteiger partial charge in [-0.05, 0) is 56.7 Å². The number of nitrogens with one attached hydrogen (secondary N) is 2. The Hall–Kier alpha value is -2.18. The Morgan fingerprint density at radius 2 is 1.74 bits per heavy atom. The number of nitrogens with zero attached hydrogens (tertiary/aromatic N) is 1. The van der Waals surface area contributed by atoms with E-state index in [-0.39, 0.29) is 24.4 Å². The zero-order valence-electron chi connectivity index (χ0n) is 16.0. The largest absolute Gasteiger partial charge is 0.339 e. The standard InChI is InChI=1S/C21H26BrN3O2/c1-4-25(5-2)21(27)17-7-6-8-19(13-17)24-20(26)14-23-15(3)16-9-11-18(22)12-10-16/h6-13,15,23H,4-5,14H2,1-3H3,(H,24,26). The number of anilines is 1. The van der Waals surface area contributed by atoms with Crippen LogP contribution in [0.5, 0.6) is 0 Å². The van der Waals surface area contributed by atoms with Crippen LogP contribution >= 0.6 is 15.9 Å². The molecule has 0 saturated heterocycles. The molecule has 2 aromatic rings. The number of halogens is 1. The van der Waals surface area contributed by atoms with Gasteiger partial charge in [0, 0.05) is 34.9 Å². The monoisotopic (exact) mass is 431 g/mol. The highest BCUT2D eigenvalue weighted by atomic mass is 79.9. The van der Waals surface area contributed by atoms with E-state index in [0.29, 0.717) is 24.3 Å². The third-order valence-corrected chi connectivity index (χ3v) is 4.91. The van der Waals surface area contributed by atoms with Crippen molar-refractivity contribution in [2.75, 3.05) is 25.0 Å². The third kappa shape index (κ3) is 6.19. The zero-order valence-corrected chi connectivity index (χ0v) is 17.5. The maximum atomic E-state index is 12.4. The van der Waals surface area contributed by atoms with Gasteiger partial charge < -0.3 is 15.5 Å². The second-order valence-corrected chi connectivity index (χ2v) is 7.18. The SMILES string of the molecule is CCN(CC)C(=O)c1cccc(NC(=O)CNC(C)c2ccc(Br)cc2)c1. The van der Waals surface area contributed by atoms with E-state index < -0.39 is 0 Å². The summed E-state index contributed by atoms with van der Waals surface area (Å²) in [4.78, 5) is 26.4. The van der Waals surface area contributed by atoms with Crippen LogP contribution in [-0.2, 0) is 4.79 Å². The van der Waals surface area contributed by atoms with Crippen LogP contribution in [0.25, 0.3) is 0 Å². The van der Waals surface area contributed by atoms with Gasteiger partial charge >= 0.3 is 0 Å². The number of rotatable bonds is 8. The lowest BCUT2D eigenvalue weighted by atomic mass is 10.1. The van der Waals surface area contributed by atoms with Crippen molar-refractivity contribution in [1.82, 2.24) is 10.2 Å². The molecule has 2 aromatic carbocycles. The van der Waals surface area contributed by atoms with E-state index in [1.807, 2.05) is 45.0 Å². The predicted octanol–water partition coefficient (Wildman–Crippen LogP) is 4.22. The van der Waals surface area contributed by atoms with E-state index in [1.54, 1.807) is 29.2 Å². The Balaban J connectivity index is 1.92. The Kier molecular flexibility index (Phi) is 8.00.